The lowest BCUT2D eigenvalue weighted by Crippen LogP contribution is -2.43. The summed E-state index contributed by atoms with van der Waals surface area (Å²) in [5.74, 6) is 6.46. The maximum atomic E-state index is 6.04. The van der Waals surface area contributed by atoms with Crippen molar-refractivity contribution in [3.8, 4) is 0 Å². The summed E-state index contributed by atoms with van der Waals surface area (Å²) in [5, 5.41) is 0. The van der Waals surface area contributed by atoms with Gasteiger partial charge in [0.2, 0.25) is 0 Å². The van der Waals surface area contributed by atoms with Crippen molar-refractivity contribution in [3.05, 3.63) is 17.8 Å². The Hall–Kier alpha value is -0.830. The zero-order valence-electron chi connectivity index (χ0n) is 11.6. The van der Waals surface area contributed by atoms with Gasteiger partial charge in [-0.2, -0.15) is 0 Å². The van der Waals surface area contributed by atoms with E-state index in [9.17, 15) is 0 Å². The summed E-state index contributed by atoms with van der Waals surface area (Å²) < 4.78 is 6.04. The Bertz CT molecular complexity index is 425. The van der Waals surface area contributed by atoms with Gasteiger partial charge in [0, 0.05) is 12.3 Å². The second-order valence-corrected chi connectivity index (χ2v) is 7.01. The zero-order valence-corrected chi connectivity index (χ0v) is 11.6. The molecule has 1 aromatic heterocycles. The standard InChI is InChI=1S/C16H24N2O/c17-3-1-2-14-9-18-16(19-14)15-12-5-10-4-11(7-12)8-13(15)6-10/h9-13,15H,1-8,17H2. The molecule has 19 heavy (non-hydrogen) atoms. The number of nitrogens with zero attached hydrogens (tertiary/aromatic N) is 1. The van der Waals surface area contributed by atoms with Gasteiger partial charge in [-0.3, -0.25) is 0 Å². The number of aryl methyl sites for hydroxylation is 1. The van der Waals surface area contributed by atoms with Crippen molar-refractivity contribution in [1.29, 1.82) is 0 Å². The lowest BCUT2D eigenvalue weighted by Gasteiger charge is -2.53. The molecule has 4 aliphatic rings. The maximum absolute atomic E-state index is 6.04. The molecule has 5 rings (SSSR count). The average molecular weight is 260 g/mol. The summed E-state index contributed by atoms with van der Waals surface area (Å²) in [6.07, 6.45) is 11.1. The molecule has 1 heterocycles. The Kier molecular flexibility index (Phi) is 2.91. The van der Waals surface area contributed by atoms with Crippen LogP contribution in [0.4, 0.5) is 0 Å². The van der Waals surface area contributed by atoms with Crippen LogP contribution in [0.25, 0.3) is 0 Å². The van der Waals surface area contributed by atoms with Gasteiger partial charge in [0.25, 0.3) is 0 Å². The highest BCUT2D eigenvalue weighted by Gasteiger charge is 2.50. The van der Waals surface area contributed by atoms with Crippen LogP contribution in [0.3, 0.4) is 0 Å². The normalized spacial score (nSPS) is 39.9. The number of rotatable bonds is 4. The van der Waals surface area contributed by atoms with Crippen LogP contribution >= 0.6 is 0 Å². The summed E-state index contributed by atoms with van der Waals surface area (Å²) in [6, 6.07) is 0. The first-order chi connectivity index (χ1) is 9.33. The molecule has 1 aromatic rings. The monoisotopic (exact) mass is 260 g/mol. The van der Waals surface area contributed by atoms with Gasteiger partial charge in [-0.15, -0.1) is 0 Å². The number of nitrogens with two attached hydrogens (primary N) is 1. The Balaban J connectivity index is 1.54. The van der Waals surface area contributed by atoms with Crippen molar-refractivity contribution in [3.63, 3.8) is 0 Å². The largest absolute Gasteiger partial charge is 0.445 e. The van der Waals surface area contributed by atoms with Gasteiger partial charge in [0.1, 0.15) is 5.76 Å². The molecular formula is C16H24N2O. The van der Waals surface area contributed by atoms with E-state index in [4.69, 9.17) is 10.2 Å². The van der Waals surface area contributed by atoms with E-state index in [1.165, 1.54) is 32.1 Å². The Morgan fingerprint density at radius 2 is 1.79 bits per heavy atom. The summed E-state index contributed by atoms with van der Waals surface area (Å²) in [5.41, 5.74) is 5.56. The Labute approximate surface area is 115 Å². The molecule has 0 amide bonds. The molecule has 0 unspecified atom stereocenters. The molecular weight excluding hydrogens is 236 g/mol. The molecule has 4 fully saturated rings. The summed E-state index contributed by atoms with van der Waals surface area (Å²) in [6.45, 7) is 0.730. The smallest absolute Gasteiger partial charge is 0.198 e. The quantitative estimate of drug-likeness (QED) is 0.905. The molecule has 4 saturated carbocycles. The van der Waals surface area contributed by atoms with Crippen molar-refractivity contribution in [1.82, 2.24) is 4.98 Å². The van der Waals surface area contributed by atoms with Crippen LogP contribution in [-0.2, 0) is 6.42 Å². The zero-order chi connectivity index (χ0) is 12.8. The number of aromatic nitrogens is 1. The number of hydrogen-bond donors (Lipinski definition) is 1. The molecule has 0 aliphatic heterocycles. The number of hydrogen-bond acceptors (Lipinski definition) is 3. The van der Waals surface area contributed by atoms with E-state index >= 15 is 0 Å². The van der Waals surface area contributed by atoms with Crippen LogP contribution in [0.2, 0.25) is 0 Å². The van der Waals surface area contributed by atoms with Crippen LogP contribution in [0, 0.1) is 23.7 Å². The fourth-order valence-electron chi connectivity index (χ4n) is 5.20. The topological polar surface area (TPSA) is 52.0 Å². The van der Waals surface area contributed by atoms with Gasteiger partial charge in [0.05, 0.1) is 6.20 Å². The van der Waals surface area contributed by atoms with Crippen LogP contribution in [0.15, 0.2) is 10.6 Å². The second kappa shape index (κ2) is 4.62. The number of oxazole rings is 1. The first kappa shape index (κ1) is 12.0. The molecule has 3 heteroatoms. The summed E-state index contributed by atoms with van der Waals surface area (Å²) in [4.78, 5) is 4.61. The van der Waals surface area contributed by atoms with Crippen molar-refractivity contribution in [2.24, 2.45) is 29.4 Å². The average Bonchev–Trinajstić information content (AvgIpc) is 2.83. The highest BCUT2D eigenvalue weighted by Crippen LogP contribution is 2.59. The van der Waals surface area contributed by atoms with Crippen molar-refractivity contribution >= 4 is 0 Å². The van der Waals surface area contributed by atoms with Crippen molar-refractivity contribution in [2.45, 2.75) is 50.9 Å². The SMILES string of the molecule is NCCCc1cnc(C2C3CC4CC(C3)CC2C4)o1. The van der Waals surface area contributed by atoms with Gasteiger partial charge in [0.15, 0.2) is 5.89 Å². The third-order valence-electron chi connectivity index (χ3n) is 5.71. The molecule has 0 atom stereocenters. The van der Waals surface area contributed by atoms with Crippen LogP contribution in [0.1, 0.15) is 56.1 Å². The van der Waals surface area contributed by atoms with Crippen LogP contribution in [-0.4, -0.2) is 11.5 Å². The minimum atomic E-state index is 0.624. The van der Waals surface area contributed by atoms with Gasteiger partial charge >= 0.3 is 0 Å². The molecule has 0 aromatic carbocycles. The van der Waals surface area contributed by atoms with E-state index in [0.29, 0.717) is 5.92 Å². The Morgan fingerprint density at radius 1 is 1.11 bits per heavy atom. The molecule has 0 saturated heterocycles. The van der Waals surface area contributed by atoms with E-state index in [-0.39, 0.29) is 0 Å². The predicted octanol–water partition coefficient (Wildman–Crippen LogP) is 3.11. The van der Waals surface area contributed by atoms with Gasteiger partial charge in [-0.25, -0.2) is 4.98 Å². The van der Waals surface area contributed by atoms with E-state index < -0.39 is 0 Å². The van der Waals surface area contributed by atoms with E-state index in [2.05, 4.69) is 4.98 Å². The highest BCUT2D eigenvalue weighted by molar-refractivity contribution is 5.10. The van der Waals surface area contributed by atoms with Crippen LogP contribution < -0.4 is 5.73 Å². The third kappa shape index (κ3) is 2.03. The lowest BCUT2D eigenvalue weighted by molar-refractivity contribution is -0.0117. The molecule has 3 nitrogen and oxygen atoms in total. The van der Waals surface area contributed by atoms with Crippen molar-refractivity contribution < 1.29 is 4.42 Å². The fraction of sp³-hybridized carbons (Fsp3) is 0.812. The predicted molar refractivity (Wildman–Crippen MR) is 73.7 cm³/mol. The van der Waals surface area contributed by atoms with E-state index in [1.807, 2.05) is 6.20 Å². The third-order valence-corrected chi connectivity index (χ3v) is 5.71. The summed E-state index contributed by atoms with van der Waals surface area (Å²) in [7, 11) is 0. The van der Waals surface area contributed by atoms with Gasteiger partial charge in [-0.1, -0.05) is 0 Å². The summed E-state index contributed by atoms with van der Waals surface area (Å²) >= 11 is 0. The van der Waals surface area contributed by atoms with E-state index in [1.54, 1.807) is 0 Å². The second-order valence-electron chi connectivity index (χ2n) is 7.01. The molecule has 104 valence electrons. The molecule has 4 bridgehead atoms. The molecule has 0 spiro atoms. The minimum Gasteiger partial charge on any atom is -0.445 e. The minimum absolute atomic E-state index is 0.624. The van der Waals surface area contributed by atoms with Crippen LogP contribution in [0.5, 0.6) is 0 Å². The Morgan fingerprint density at radius 3 is 2.42 bits per heavy atom. The molecule has 4 aliphatic carbocycles. The fourth-order valence-corrected chi connectivity index (χ4v) is 5.20. The lowest BCUT2D eigenvalue weighted by atomic mass is 9.52. The maximum Gasteiger partial charge on any atom is 0.198 e. The van der Waals surface area contributed by atoms with Crippen molar-refractivity contribution in [2.75, 3.05) is 6.54 Å². The van der Waals surface area contributed by atoms with Gasteiger partial charge < -0.3 is 10.2 Å². The first-order valence-corrected chi connectivity index (χ1v) is 7.98. The van der Waals surface area contributed by atoms with Gasteiger partial charge in [-0.05, 0) is 68.7 Å². The van der Waals surface area contributed by atoms with E-state index in [0.717, 1.165) is 54.7 Å². The molecule has 0 radical (unpaired) electrons. The molecule has 2 N–H and O–H groups in total. The highest BCUT2D eigenvalue weighted by atomic mass is 16.4. The first-order valence-electron chi connectivity index (χ1n) is 7.98.